The first-order valence-electron chi connectivity index (χ1n) is 5.67. The molecule has 1 N–H and O–H groups in total. The molecule has 0 saturated heterocycles. The maximum atomic E-state index is 11.4. The topological polar surface area (TPSA) is 54.4 Å². The Hall–Kier alpha value is -2.13. The van der Waals surface area contributed by atoms with E-state index in [1.165, 1.54) is 6.07 Å². The molecule has 0 aliphatic heterocycles. The van der Waals surface area contributed by atoms with Gasteiger partial charge in [-0.05, 0) is 23.3 Å². The second kappa shape index (κ2) is 5.67. The molecule has 0 spiro atoms. The van der Waals surface area contributed by atoms with Crippen LogP contribution in [0.3, 0.4) is 0 Å². The first-order valence-corrected chi connectivity index (χ1v) is 6.05. The molecule has 1 atom stereocenters. The van der Waals surface area contributed by atoms with Gasteiger partial charge in [0, 0.05) is 5.02 Å². The average molecular weight is 275 g/mol. The monoisotopic (exact) mass is 274 g/mol. The molecule has 3 nitrogen and oxygen atoms in total. The van der Waals surface area contributed by atoms with E-state index >= 15 is 0 Å². The van der Waals surface area contributed by atoms with Crippen molar-refractivity contribution in [1.82, 2.24) is 0 Å². The lowest BCUT2D eigenvalue weighted by Crippen LogP contribution is -2.10. The van der Waals surface area contributed by atoms with E-state index in [9.17, 15) is 14.7 Å². The number of aldehydes is 1. The van der Waals surface area contributed by atoms with Gasteiger partial charge in [0.1, 0.15) is 6.29 Å². The summed E-state index contributed by atoms with van der Waals surface area (Å²) >= 11 is 6.07. The first-order chi connectivity index (χ1) is 9.15. The molecule has 19 heavy (non-hydrogen) atoms. The van der Waals surface area contributed by atoms with E-state index < -0.39 is 11.9 Å². The number of halogens is 1. The number of hydrogen-bond donors (Lipinski definition) is 1. The van der Waals surface area contributed by atoms with Crippen molar-refractivity contribution in [1.29, 1.82) is 0 Å². The highest BCUT2D eigenvalue weighted by Gasteiger charge is 2.21. The zero-order valence-electron chi connectivity index (χ0n) is 9.92. The Morgan fingerprint density at radius 1 is 1.05 bits per heavy atom. The van der Waals surface area contributed by atoms with Crippen molar-refractivity contribution < 1.29 is 14.7 Å². The van der Waals surface area contributed by atoms with Gasteiger partial charge in [-0.1, -0.05) is 48.0 Å². The van der Waals surface area contributed by atoms with Crippen LogP contribution in [0.4, 0.5) is 0 Å². The minimum atomic E-state index is -1.06. The highest BCUT2D eigenvalue weighted by molar-refractivity contribution is 6.31. The summed E-state index contributed by atoms with van der Waals surface area (Å²) in [6.45, 7) is 0. The molecule has 2 aromatic rings. The Balaban J connectivity index is 2.58. The molecule has 0 aromatic heterocycles. The fourth-order valence-electron chi connectivity index (χ4n) is 2.00. The minimum Gasteiger partial charge on any atom is -0.478 e. The van der Waals surface area contributed by atoms with Gasteiger partial charge in [-0.25, -0.2) is 4.79 Å². The number of hydrogen-bond acceptors (Lipinski definition) is 2. The lowest BCUT2D eigenvalue weighted by molar-refractivity contribution is -0.108. The average Bonchev–Trinajstić information content (AvgIpc) is 2.42. The number of benzene rings is 2. The Kier molecular flexibility index (Phi) is 3.97. The molecule has 0 heterocycles. The van der Waals surface area contributed by atoms with E-state index in [2.05, 4.69) is 0 Å². The van der Waals surface area contributed by atoms with Crippen LogP contribution in [-0.2, 0) is 4.79 Å². The molecular formula is C15H11ClO3. The van der Waals surface area contributed by atoms with Crippen molar-refractivity contribution in [3.8, 4) is 0 Å². The quantitative estimate of drug-likeness (QED) is 0.870. The van der Waals surface area contributed by atoms with Crippen LogP contribution >= 0.6 is 11.6 Å². The summed E-state index contributed by atoms with van der Waals surface area (Å²) in [7, 11) is 0. The Bertz CT molecular complexity index is 622. The third-order valence-corrected chi connectivity index (χ3v) is 3.25. The van der Waals surface area contributed by atoms with Crippen LogP contribution < -0.4 is 0 Å². The summed E-state index contributed by atoms with van der Waals surface area (Å²) in [4.78, 5) is 22.6. The predicted octanol–water partition coefficient (Wildman–Crippen LogP) is 3.37. The molecule has 0 aliphatic rings. The second-order valence-corrected chi connectivity index (χ2v) is 4.43. The van der Waals surface area contributed by atoms with Gasteiger partial charge in [-0.3, -0.25) is 0 Å². The predicted molar refractivity (Wildman–Crippen MR) is 72.8 cm³/mol. The third-order valence-electron chi connectivity index (χ3n) is 2.90. The highest BCUT2D eigenvalue weighted by Crippen LogP contribution is 2.30. The van der Waals surface area contributed by atoms with Crippen molar-refractivity contribution in [3.63, 3.8) is 0 Å². The summed E-state index contributed by atoms with van der Waals surface area (Å²) in [6, 6.07) is 13.4. The van der Waals surface area contributed by atoms with E-state index in [-0.39, 0.29) is 5.56 Å². The molecule has 4 heteroatoms. The lowest BCUT2D eigenvalue weighted by atomic mass is 9.89. The first kappa shape index (κ1) is 13.3. The summed E-state index contributed by atoms with van der Waals surface area (Å²) in [5, 5.41) is 9.62. The SMILES string of the molecule is O=CC(c1ccccc1Cl)c1ccccc1C(=O)O. The van der Waals surface area contributed by atoms with E-state index in [1.807, 2.05) is 0 Å². The molecular weight excluding hydrogens is 264 g/mol. The Labute approximate surface area is 115 Å². The third kappa shape index (κ3) is 2.66. The highest BCUT2D eigenvalue weighted by atomic mass is 35.5. The van der Waals surface area contributed by atoms with Gasteiger partial charge in [0.15, 0.2) is 0 Å². The largest absolute Gasteiger partial charge is 0.478 e. The molecule has 2 aromatic carbocycles. The van der Waals surface area contributed by atoms with Crippen LogP contribution in [0.25, 0.3) is 0 Å². The zero-order chi connectivity index (χ0) is 13.8. The second-order valence-electron chi connectivity index (χ2n) is 4.03. The van der Waals surface area contributed by atoms with Crippen LogP contribution in [0.5, 0.6) is 0 Å². The standard InChI is InChI=1S/C15H11ClO3/c16-14-8-4-3-6-11(14)13(9-17)10-5-1-2-7-12(10)15(18)19/h1-9,13H,(H,18,19). The van der Waals surface area contributed by atoms with Crippen LogP contribution in [0.15, 0.2) is 48.5 Å². The summed E-state index contributed by atoms with van der Waals surface area (Å²) in [6.07, 6.45) is 0.711. The molecule has 0 amide bonds. The maximum Gasteiger partial charge on any atom is 0.335 e. The van der Waals surface area contributed by atoms with E-state index in [4.69, 9.17) is 11.6 Å². The number of carbonyl (C=O) groups is 2. The Morgan fingerprint density at radius 3 is 2.21 bits per heavy atom. The molecule has 0 radical (unpaired) electrons. The molecule has 0 saturated carbocycles. The summed E-state index contributed by atoms with van der Waals surface area (Å²) in [5.74, 6) is -1.74. The van der Waals surface area contributed by atoms with Gasteiger partial charge in [0.2, 0.25) is 0 Å². The molecule has 96 valence electrons. The van der Waals surface area contributed by atoms with E-state index in [0.717, 1.165) is 0 Å². The minimum absolute atomic E-state index is 0.111. The fraction of sp³-hybridized carbons (Fsp3) is 0.0667. The van der Waals surface area contributed by atoms with Gasteiger partial charge >= 0.3 is 5.97 Å². The van der Waals surface area contributed by atoms with Crippen LogP contribution in [-0.4, -0.2) is 17.4 Å². The van der Waals surface area contributed by atoms with Crippen molar-refractivity contribution in [2.75, 3.05) is 0 Å². The van der Waals surface area contributed by atoms with E-state index in [0.29, 0.717) is 22.4 Å². The number of carboxylic acids is 1. The van der Waals surface area contributed by atoms with Crippen molar-refractivity contribution in [2.45, 2.75) is 5.92 Å². The van der Waals surface area contributed by atoms with Gasteiger partial charge in [0.25, 0.3) is 0 Å². The normalized spacial score (nSPS) is 11.8. The molecule has 1 unspecified atom stereocenters. The van der Waals surface area contributed by atoms with Gasteiger partial charge in [-0.15, -0.1) is 0 Å². The lowest BCUT2D eigenvalue weighted by Gasteiger charge is -2.15. The summed E-state index contributed by atoms with van der Waals surface area (Å²) in [5.41, 5.74) is 1.16. The van der Waals surface area contributed by atoms with Crippen LogP contribution in [0.2, 0.25) is 5.02 Å². The maximum absolute atomic E-state index is 11.4. The molecule has 0 fully saturated rings. The van der Waals surface area contributed by atoms with Gasteiger partial charge < -0.3 is 9.90 Å². The van der Waals surface area contributed by atoms with Gasteiger partial charge in [0.05, 0.1) is 11.5 Å². The number of aromatic carboxylic acids is 1. The van der Waals surface area contributed by atoms with Crippen LogP contribution in [0, 0.1) is 0 Å². The zero-order valence-corrected chi connectivity index (χ0v) is 10.7. The van der Waals surface area contributed by atoms with Crippen molar-refractivity contribution in [3.05, 3.63) is 70.2 Å². The molecule has 2 rings (SSSR count). The Morgan fingerprint density at radius 2 is 1.63 bits per heavy atom. The van der Waals surface area contributed by atoms with Crippen molar-refractivity contribution >= 4 is 23.9 Å². The van der Waals surface area contributed by atoms with Crippen molar-refractivity contribution in [2.24, 2.45) is 0 Å². The molecule has 0 bridgehead atoms. The number of rotatable bonds is 4. The summed E-state index contributed by atoms with van der Waals surface area (Å²) < 4.78 is 0. The smallest absolute Gasteiger partial charge is 0.335 e. The fourth-order valence-corrected chi connectivity index (χ4v) is 2.26. The molecule has 0 aliphatic carbocycles. The number of carbonyl (C=O) groups excluding carboxylic acids is 1. The van der Waals surface area contributed by atoms with E-state index in [1.54, 1.807) is 42.5 Å². The van der Waals surface area contributed by atoms with Crippen LogP contribution in [0.1, 0.15) is 27.4 Å². The number of carboxylic acid groups (broad SMARTS) is 1. The van der Waals surface area contributed by atoms with Gasteiger partial charge in [-0.2, -0.15) is 0 Å².